The Morgan fingerprint density at radius 2 is 1.86 bits per heavy atom. The van der Waals surface area contributed by atoms with Crippen LogP contribution in [0.3, 0.4) is 0 Å². The molecule has 0 atom stereocenters. The first-order valence-electron chi connectivity index (χ1n) is 9.87. The van der Waals surface area contributed by atoms with E-state index in [-0.39, 0.29) is 23.6 Å². The molecule has 2 heterocycles. The maximum absolute atomic E-state index is 13.5. The van der Waals surface area contributed by atoms with Gasteiger partial charge in [-0.25, -0.2) is 4.98 Å². The zero-order valence-electron chi connectivity index (χ0n) is 16.2. The van der Waals surface area contributed by atoms with E-state index in [0.717, 1.165) is 38.2 Å². The number of fused-ring (bicyclic) bond motifs is 1. The van der Waals surface area contributed by atoms with Crippen LogP contribution in [0.15, 0.2) is 41.3 Å². The highest BCUT2D eigenvalue weighted by molar-refractivity contribution is 5.71. The number of aromatic nitrogens is 3. The monoisotopic (exact) mass is 401 g/mol. The third kappa shape index (κ3) is 3.91. The largest absolute Gasteiger partial charge is 0.416 e. The van der Waals surface area contributed by atoms with E-state index in [2.05, 4.69) is 9.97 Å². The second kappa shape index (κ2) is 7.61. The third-order valence-corrected chi connectivity index (χ3v) is 5.64. The number of alkyl halides is 3. The number of pyridine rings is 1. The van der Waals surface area contributed by atoms with E-state index in [4.69, 9.17) is 0 Å². The smallest absolute Gasteiger partial charge is 0.287 e. The summed E-state index contributed by atoms with van der Waals surface area (Å²) < 4.78 is 41.8. The Kier molecular flexibility index (Phi) is 5.15. The summed E-state index contributed by atoms with van der Waals surface area (Å²) in [5.74, 6) is 0.118. The van der Waals surface area contributed by atoms with Gasteiger partial charge in [-0.05, 0) is 43.4 Å². The molecule has 7 heteroatoms. The van der Waals surface area contributed by atoms with Crippen molar-refractivity contribution in [2.75, 3.05) is 0 Å². The summed E-state index contributed by atoms with van der Waals surface area (Å²) in [5.41, 5.74) is 1.17. The summed E-state index contributed by atoms with van der Waals surface area (Å²) in [6.07, 6.45) is 2.22. The topological polar surface area (TPSA) is 47.8 Å². The lowest BCUT2D eigenvalue weighted by molar-refractivity contribution is -0.138. The molecule has 0 aliphatic heterocycles. The molecular weight excluding hydrogens is 379 g/mol. The van der Waals surface area contributed by atoms with Crippen molar-refractivity contribution in [3.05, 3.63) is 69.3 Å². The average Bonchev–Trinajstić information content (AvgIpc) is 2.70. The van der Waals surface area contributed by atoms with Gasteiger partial charge in [-0.3, -0.25) is 14.3 Å². The summed E-state index contributed by atoms with van der Waals surface area (Å²) in [7, 11) is 0. The lowest BCUT2D eigenvalue weighted by Crippen LogP contribution is -2.28. The lowest BCUT2D eigenvalue weighted by Gasteiger charge is -2.23. The Bertz CT molecular complexity index is 1100. The zero-order valence-corrected chi connectivity index (χ0v) is 16.2. The minimum absolute atomic E-state index is 0.0486. The summed E-state index contributed by atoms with van der Waals surface area (Å²) in [6, 6.07) is 7.16. The van der Waals surface area contributed by atoms with Gasteiger partial charge in [0.15, 0.2) is 5.65 Å². The summed E-state index contributed by atoms with van der Waals surface area (Å²) in [4.78, 5) is 22.2. The van der Waals surface area contributed by atoms with Crippen LogP contribution in [0.4, 0.5) is 13.2 Å². The van der Waals surface area contributed by atoms with Gasteiger partial charge in [0.2, 0.25) is 0 Å². The molecule has 4 rings (SSSR count). The normalized spacial score (nSPS) is 15.7. The van der Waals surface area contributed by atoms with Crippen molar-refractivity contribution in [3.63, 3.8) is 0 Å². The van der Waals surface area contributed by atoms with Crippen molar-refractivity contribution >= 4 is 11.2 Å². The van der Waals surface area contributed by atoms with Crippen LogP contribution in [-0.4, -0.2) is 14.5 Å². The van der Waals surface area contributed by atoms with Gasteiger partial charge in [-0.15, -0.1) is 0 Å². The predicted octanol–water partition coefficient (Wildman–Crippen LogP) is 5.21. The molecule has 1 aliphatic rings. The fourth-order valence-electron chi connectivity index (χ4n) is 4.19. The van der Waals surface area contributed by atoms with E-state index < -0.39 is 11.7 Å². The van der Waals surface area contributed by atoms with Crippen molar-refractivity contribution in [1.29, 1.82) is 0 Å². The summed E-state index contributed by atoms with van der Waals surface area (Å²) in [6.45, 7) is 1.56. The molecule has 0 bridgehead atoms. The van der Waals surface area contributed by atoms with Crippen LogP contribution in [0.25, 0.3) is 11.2 Å². The van der Waals surface area contributed by atoms with Gasteiger partial charge in [-0.1, -0.05) is 37.5 Å². The molecule has 0 unspecified atom stereocenters. The van der Waals surface area contributed by atoms with Crippen molar-refractivity contribution in [2.24, 2.45) is 0 Å². The van der Waals surface area contributed by atoms with Gasteiger partial charge in [0.05, 0.1) is 17.8 Å². The van der Waals surface area contributed by atoms with Crippen LogP contribution < -0.4 is 5.56 Å². The molecule has 1 aliphatic carbocycles. The number of aryl methyl sites for hydroxylation is 1. The van der Waals surface area contributed by atoms with Crippen molar-refractivity contribution < 1.29 is 13.2 Å². The molecule has 0 spiro atoms. The average molecular weight is 401 g/mol. The third-order valence-electron chi connectivity index (χ3n) is 5.64. The molecule has 1 aromatic carbocycles. The lowest BCUT2D eigenvalue weighted by atomic mass is 9.84. The van der Waals surface area contributed by atoms with Gasteiger partial charge in [0.1, 0.15) is 5.52 Å². The molecule has 0 radical (unpaired) electrons. The number of benzene rings is 1. The summed E-state index contributed by atoms with van der Waals surface area (Å²) >= 11 is 0. The first-order chi connectivity index (χ1) is 13.8. The molecule has 3 aromatic rings. The van der Waals surface area contributed by atoms with E-state index in [1.54, 1.807) is 25.3 Å². The SMILES string of the molecule is Cc1cnc2cc(C3CCCCC3)c(=O)n(Cc3ccccc3C(F)(F)F)c2n1. The maximum atomic E-state index is 13.5. The predicted molar refractivity (Wildman–Crippen MR) is 105 cm³/mol. The number of rotatable bonds is 3. The van der Waals surface area contributed by atoms with Crippen molar-refractivity contribution in [1.82, 2.24) is 14.5 Å². The Morgan fingerprint density at radius 1 is 1.14 bits per heavy atom. The number of hydrogen-bond acceptors (Lipinski definition) is 3. The molecule has 4 nitrogen and oxygen atoms in total. The second-order valence-electron chi connectivity index (χ2n) is 7.70. The molecule has 0 N–H and O–H groups in total. The minimum atomic E-state index is -4.49. The highest BCUT2D eigenvalue weighted by atomic mass is 19.4. The van der Waals surface area contributed by atoms with E-state index in [1.165, 1.54) is 16.7 Å². The quantitative estimate of drug-likeness (QED) is 0.605. The molecule has 2 aromatic heterocycles. The first kappa shape index (κ1) is 19.6. The van der Waals surface area contributed by atoms with E-state index >= 15 is 0 Å². The van der Waals surface area contributed by atoms with E-state index in [9.17, 15) is 18.0 Å². The molecular formula is C22H22F3N3O. The first-order valence-corrected chi connectivity index (χ1v) is 9.87. The van der Waals surface area contributed by atoms with E-state index in [1.807, 2.05) is 0 Å². The van der Waals surface area contributed by atoms with Crippen molar-refractivity contribution in [2.45, 2.75) is 57.7 Å². The van der Waals surface area contributed by atoms with Crippen LogP contribution in [-0.2, 0) is 12.7 Å². The number of halogens is 3. The fourth-order valence-corrected chi connectivity index (χ4v) is 4.19. The minimum Gasteiger partial charge on any atom is -0.287 e. The van der Waals surface area contributed by atoms with Crippen molar-refractivity contribution in [3.8, 4) is 0 Å². The number of nitrogens with zero attached hydrogens (tertiary/aromatic N) is 3. The Morgan fingerprint density at radius 3 is 2.59 bits per heavy atom. The van der Waals surface area contributed by atoms with Gasteiger partial charge < -0.3 is 0 Å². The molecule has 1 saturated carbocycles. The maximum Gasteiger partial charge on any atom is 0.416 e. The van der Waals surface area contributed by atoms with Crippen LogP contribution in [0.5, 0.6) is 0 Å². The van der Waals surface area contributed by atoms with Gasteiger partial charge >= 0.3 is 6.18 Å². The molecule has 0 amide bonds. The van der Waals surface area contributed by atoms with Crippen LogP contribution in [0.1, 0.15) is 60.4 Å². The highest BCUT2D eigenvalue weighted by Gasteiger charge is 2.33. The standard InChI is InChI=1S/C22H22F3N3O/c1-14-12-26-19-11-17(15-7-3-2-4-8-15)21(29)28(20(19)27-14)13-16-9-5-6-10-18(16)22(23,24)25/h5-6,9-12,15H,2-4,7-8,13H2,1H3. The molecule has 152 valence electrons. The molecule has 1 fully saturated rings. The highest BCUT2D eigenvalue weighted by Crippen LogP contribution is 2.34. The van der Waals surface area contributed by atoms with Crippen LogP contribution in [0, 0.1) is 6.92 Å². The van der Waals surface area contributed by atoms with Gasteiger partial charge in [0.25, 0.3) is 5.56 Å². The Balaban J connectivity index is 1.90. The van der Waals surface area contributed by atoms with Crippen LogP contribution in [0.2, 0.25) is 0 Å². The van der Waals surface area contributed by atoms with E-state index in [0.29, 0.717) is 22.4 Å². The second-order valence-corrected chi connectivity index (χ2v) is 7.70. The Hall–Kier alpha value is -2.70. The van der Waals surface area contributed by atoms with Crippen LogP contribution >= 0.6 is 0 Å². The summed E-state index contributed by atoms with van der Waals surface area (Å²) in [5, 5.41) is 0. The van der Waals surface area contributed by atoms with Gasteiger partial charge in [-0.2, -0.15) is 13.2 Å². The molecule has 29 heavy (non-hydrogen) atoms. The Labute approximate surface area is 166 Å². The number of hydrogen-bond donors (Lipinski definition) is 0. The van der Waals surface area contributed by atoms with Gasteiger partial charge in [0, 0.05) is 11.8 Å². The zero-order chi connectivity index (χ0) is 20.6. The fraction of sp³-hybridized carbons (Fsp3) is 0.409. The molecule has 0 saturated heterocycles.